The number of nitrogens with zero attached hydrogens (tertiary/aromatic N) is 1. The summed E-state index contributed by atoms with van der Waals surface area (Å²) < 4.78 is 13.8. The number of carbonyl (C=O) groups is 1. The Labute approximate surface area is 156 Å². The van der Waals surface area contributed by atoms with E-state index in [0.717, 1.165) is 18.4 Å². The Balaban J connectivity index is 2.10. The minimum Gasteiger partial charge on any atom is -0.480 e. The first-order valence-corrected chi connectivity index (χ1v) is 8.92. The van der Waals surface area contributed by atoms with Gasteiger partial charge in [-0.25, -0.2) is 4.39 Å². The number of hydrogen-bond donors (Lipinski definition) is 1. The molecule has 0 saturated carbocycles. The zero-order valence-corrected chi connectivity index (χ0v) is 15.0. The van der Waals surface area contributed by atoms with E-state index in [1.54, 1.807) is 18.2 Å². The van der Waals surface area contributed by atoms with E-state index >= 15 is 0 Å². The van der Waals surface area contributed by atoms with Crippen molar-refractivity contribution in [3.63, 3.8) is 0 Å². The van der Waals surface area contributed by atoms with Crippen LogP contribution in [0.25, 0.3) is 0 Å². The van der Waals surface area contributed by atoms with Crippen molar-refractivity contribution in [2.45, 2.75) is 31.3 Å². The summed E-state index contributed by atoms with van der Waals surface area (Å²) in [5.74, 6) is -1.22. The number of carboxylic acid groups (broad SMARTS) is 1. The van der Waals surface area contributed by atoms with Crippen molar-refractivity contribution < 1.29 is 14.3 Å². The van der Waals surface area contributed by atoms with Gasteiger partial charge in [0.2, 0.25) is 0 Å². The molecule has 6 heteroatoms. The molecule has 2 aromatic carbocycles. The maximum absolute atomic E-state index is 13.8. The molecular formula is C19H18Cl2FNO2. The Morgan fingerprint density at radius 3 is 2.56 bits per heavy atom. The van der Waals surface area contributed by atoms with Crippen LogP contribution in [-0.2, 0) is 4.79 Å². The topological polar surface area (TPSA) is 40.5 Å². The molecule has 1 saturated heterocycles. The van der Waals surface area contributed by atoms with Crippen LogP contribution in [-0.4, -0.2) is 28.6 Å². The first kappa shape index (κ1) is 18.2. The molecule has 0 aromatic heterocycles. The highest BCUT2D eigenvalue weighted by Gasteiger charge is 2.35. The Morgan fingerprint density at radius 2 is 1.88 bits per heavy atom. The molecule has 2 aromatic rings. The zero-order valence-electron chi connectivity index (χ0n) is 13.5. The lowest BCUT2D eigenvalue weighted by Crippen LogP contribution is -2.46. The van der Waals surface area contributed by atoms with Gasteiger partial charge in [0.15, 0.2) is 0 Å². The molecule has 25 heavy (non-hydrogen) atoms. The minimum absolute atomic E-state index is 0.355. The molecule has 132 valence electrons. The van der Waals surface area contributed by atoms with Crippen LogP contribution in [0, 0.1) is 5.82 Å². The van der Waals surface area contributed by atoms with Crippen molar-refractivity contribution in [3.05, 3.63) is 69.5 Å². The smallest absolute Gasteiger partial charge is 0.320 e. The Morgan fingerprint density at radius 1 is 1.12 bits per heavy atom. The Bertz CT molecular complexity index is 784. The number of carboxylic acids is 1. The highest BCUT2D eigenvalue weighted by atomic mass is 35.5. The lowest BCUT2D eigenvalue weighted by atomic mass is 9.91. The average Bonchev–Trinajstić information content (AvgIpc) is 2.59. The number of halogens is 3. The molecule has 0 bridgehead atoms. The highest BCUT2D eigenvalue weighted by Crippen LogP contribution is 2.36. The highest BCUT2D eigenvalue weighted by molar-refractivity contribution is 6.42. The van der Waals surface area contributed by atoms with E-state index in [0.29, 0.717) is 28.6 Å². The summed E-state index contributed by atoms with van der Waals surface area (Å²) >= 11 is 12.2. The standard InChI is InChI=1S/C19H18Cl2FNO2/c20-15-8-7-13(11-16(15)21)18(12-4-3-5-14(22)10-12)23-9-2-1-6-17(23)19(24)25/h3-5,7-8,10-11,17-18H,1-2,6,9H2,(H,24,25). The van der Waals surface area contributed by atoms with Gasteiger partial charge in [0.1, 0.15) is 11.9 Å². The van der Waals surface area contributed by atoms with Gasteiger partial charge in [0.25, 0.3) is 0 Å². The van der Waals surface area contributed by atoms with E-state index in [1.807, 2.05) is 17.0 Å². The van der Waals surface area contributed by atoms with Crippen molar-refractivity contribution in [2.75, 3.05) is 6.54 Å². The van der Waals surface area contributed by atoms with Gasteiger partial charge in [0.05, 0.1) is 16.1 Å². The lowest BCUT2D eigenvalue weighted by molar-refractivity contribution is -0.145. The van der Waals surface area contributed by atoms with Crippen LogP contribution in [0.2, 0.25) is 10.0 Å². The number of likely N-dealkylation sites (tertiary alicyclic amines) is 1. The van der Waals surface area contributed by atoms with Gasteiger partial charge in [-0.05, 0) is 54.8 Å². The van der Waals surface area contributed by atoms with Crippen LogP contribution < -0.4 is 0 Å². The van der Waals surface area contributed by atoms with Gasteiger partial charge < -0.3 is 5.11 Å². The molecule has 3 nitrogen and oxygen atoms in total. The molecule has 0 amide bonds. The van der Waals surface area contributed by atoms with E-state index in [4.69, 9.17) is 23.2 Å². The largest absolute Gasteiger partial charge is 0.480 e. The number of aliphatic carboxylic acids is 1. The van der Waals surface area contributed by atoms with Gasteiger partial charge >= 0.3 is 5.97 Å². The zero-order chi connectivity index (χ0) is 18.0. The van der Waals surface area contributed by atoms with E-state index in [1.165, 1.54) is 12.1 Å². The Kier molecular flexibility index (Phi) is 5.62. The average molecular weight is 382 g/mol. The fourth-order valence-electron chi connectivity index (χ4n) is 3.46. The third-order valence-electron chi connectivity index (χ3n) is 4.58. The van der Waals surface area contributed by atoms with Crippen LogP contribution in [0.4, 0.5) is 4.39 Å². The van der Waals surface area contributed by atoms with Gasteiger partial charge in [-0.3, -0.25) is 9.69 Å². The molecule has 2 atom stereocenters. The number of benzene rings is 2. The maximum atomic E-state index is 13.8. The van der Waals surface area contributed by atoms with Gasteiger partial charge in [-0.1, -0.05) is 47.8 Å². The third-order valence-corrected chi connectivity index (χ3v) is 5.32. The molecule has 0 radical (unpaired) electrons. The Hall–Kier alpha value is -1.62. The second-order valence-electron chi connectivity index (χ2n) is 6.22. The summed E-state index contributed by atoms with van der Waals surface area (Å²) in [5.41, 5.74) is 1.50. The van der Waals surface area contributed by atoms with Crippen LogP contribution in [0.3, 0.4) is 0 Å². The fraction of sp³-hybridized carbons (Fsp3) is 0.316. The molecule has 1 fully saturated rings. The SMILES string of the molecule is O=C(O)C1CCCCN1C(c1cccc(F)c1)c1ccc(Cl)c(Cl)c1. The number of hydrogen-bond acceptors (Lipinski definition) is 2. The summed E-state index contributed by atoms with van der Waals surface area (Å²) in [6.07, 6.45) is 2.34. The minimum atomic E-state index is -0.860. The molecule has 1 aliphatic heterocycles. The second-order valence-corrected chi connectivity index (χ2v) is 7.03. The van der Waals surface area contributed by atoms with E-state index in [9.17, 15) is 14.3 Å². The molecular weight excluding hydrogens is 364 g/mol. The second kappa shape index (κ2) is 7.73. The van der Waals surface area contributed by atoms with E-state index < -0.39 is 18.1 Å². The predicted molar refractivity (Wildman–Crippen MR) is 96.7 cm³/mol. The molecule has 3 rings (SSSR count). The molecule has 0 aliphatic carbocycles. The van der Waals surface area contributed by atoms with Gasteiger partial charge in [-0.15, -0.1) is 0 Å². The molecule has 1 aliphatic rings. The first-order valence-electron chi connectivity index (χ1n) is 8.16. The summed E-state index contributed by atoms with van der Waals surface area (Å²) in [5, 5.41) is 10.5. The van der Waals surface area contributed by atoms with Crippen molar-refractivity contribution in [1.82, 2.24) is 4.90 Å². The molecule has 1 N–H and O–H groups in total. The lowest BCUT2D eigenvalue weighted by Gasteiger charge is -2.39. The quantitative estimate of drug-likeness (QED) is 0.794. The van der Waals surface area contributed by atoms with Crippen molar-refractivity contribution >= 4 is 29.2 Å². The van der Waals surface area contributed by atoms with Gasteiger partial charge in [0, 0.05) is 0 Å². The third kappa shape index (κ3) is 3.97. The van der Waals surface area contributed by atoms with Crippen molar-refractivity contribution in [2.24, 2.45) is 0 Å². The van der Waals surface area contributed by atoms with E-state index in [2.05, 4.69) is 0 Å². The van der Waals surface area contributed by atoms with Crippen LogP contribution in [0.5, 0.6) is 0 Å². The van der Waals surface area contributed by atoms with E-state index in [-0.39, 0.29) is 5.82 Å². The van der Waals surface area contributed by atoms with Crippen LogP contribution >= 0.6 is 23.2 Å². The monoisotopic (exact) mass is 381 g/mol. The summed E-state index contributed by atoms with van der Waals surface area (Å²) in [4.78, 5) is 13.7. The summed E-state index contributed by atoms with van der Waals surface area (Å²) in [6, 6.07) is 10.5. The van der Waals surface area contributed by atoms with Crippen LogP contribution in [0.1, 0.15) is 36.4 Å². The maximum Gasteiger partial charge on any atom is 0.320 e. The summed E-state index contributed by atoms with van der Waals surface area (Å²) in [6.45, 7) is 0.623. The van der Waals surface area contributed by atoms with Crippen molar-refractivity contribution in [3.8, 4) is 0 Å². The number of rotatable bonds is 4. The predicted octanol–water partition coefficient (Wildman–Crippen LogP) is 5.16. The summed E-state index contributed by atoms with van der Waals surface area (Å²) in [7, 11) is 0. The molecule has 2 unspecified atom stereocenters. The normalized spacial score (nSPS) is 19.6. The van der Waals surface area contributed by atoms with Gasteiger partial charge in [-0.2, -0.15) is 0 Å². The molecule has 0 spiro atoms. The van der Waals surface area contributed by atoms with Crippen LogP contribution in [0.15, 0.2) is 42.5 Å². The fourth-order valence-corrected chi connectivity index (χ4v) is 3.77. The molecule has 1 heterocycles. The number of piperidine rings is 1. The first-order chi connectivity index (χ1) is 12.0. The van der Waals surface area contributed by atoms with Crippen molar-refractivity contribution in [1.29, 1.82) is 0 Å².